The topological polar surface area (TPSA) is 93.1 Å². The lowest BCUT2D eigenvalue weighted by Gasteiger charge is -2.28. The summed E-state index contributed by atoms with van der Waals surface area (Å²) in [6.45, 7) is 3.72. The number of carboxylic acids is 2. The molecule has 2 aromatic rings. The average Bonchev–Trinajstić information content (AvgIpc) is 2.65. The number of ether oxygens (including phenoxy) is 2. The van der Waals surface area contributed by atoms with Crippen molar-refractivity contribution in [1.82, 2.24) is 0 Å². The molecule has 0 fully saturated rings. The third kappa shape index (κ3) is 6.56. The van der Waals surface area contributed by atoms with Gasteiger partial charge in [0.05, 0.1) is 46.1 Å². The van der Waals surface area contributed by atoms with E-state index in [-0.39, 0.29) is 57.6 Å². The fraction of sp³-hybridized carbons (Fsp3) is 0.333. The highest BCUT2D eigenvalue weighted by Gasteiger charge is 2.27. The van der Waals surface area contributed by atoms with Crippen molar-refractivity contribution in [3.05, 3.63) is 55.5 Å². The first-order valence-electron chi connectivity index (χ1n) is 9.11. The van der Waals surface area contributed by atoms with E-state index in [0.29, 0.717) is 0 Å². The number of hydrogen-bond donors (Lipinski definition) is 2. The Morgan fingerprint density at radius 3 is 1.29 bits per heavy atom. The minimum atomic E-state index is -0.992. The third-order valence-corrected chi connectivity index (χ3v) is 5.69. The van der Waals surface area contributed by atoms with E-state index in [9.17, 15) is 9.59 Å². The van der Waals surface area contributed by atoms with E-state index in [1.807, 2.05) is 13.8 Å². The highest BCUT2D eigenvalue weighted by atomic mass is 35.5. The molecule has 2 aromatic carbocycles. The molecule has 2 rings (SSSR count). The quantitative estimate of drug-likeness (QED) is 0.388. The number of hydrogen-bond acceptors (Lipinski definition) is 4. The van der Waals surface area contributed by atoms with E-state index in [2.05, 4.69) is 0 Å². The van der Waals surface area contributed by atoms with Crippen molar-refractivity contribution in [2.24, 2.45) is 0 Å². The van der Waals surface area contributed by atoms with Crippen LogP contribution >= 0.6 is 46.4 Å². The number of carboxylic acid groups (broad SMARTS) is 2. The van der Waals surface area contributed by atoms with E-state index < -0.39 is 17.4 Å². The first kappa shape index (κ1) is 25.4. The molecule has 0 atom stereocenters. The molecule has 10 heteroatoms. The van der Waals surface area contributed by atoms with Gasteiger partial charge in [0.2, 0.25) is 0 Å². The maximum atomic E-state index is 10.7. The molecule has 0 spiro atoms. The molecule has 0 amide bonds. The lowest BCUT2D eigenvalue weighted by atomic mass is 9.78. The molecule has 0 aliphatic heterocycles. The highest BCUT2D eigenvalue weighted by molar-refractivity contribution is 6.38. The molecule has 0 saturated heterocycles. The van der Waals surface area contributed by atoms with Gasteiger partial charge in [0.25, 0.3) is 0 Å². The number of benzene rings is 2. The van der Waals surface area contributed by atoms with Crippen LogP contribution in [0.3, 0.4) is 0 Å². The molecule has 31 heavy (non-hydrogen) atoms. The number of rotatable bonds is 10. The Morgan fingerprint density at radius 2 is 1.03 bits per heavy atom. The Kier molecular flexibility index (Phi) is 8.72. The van der Waals surface area contributed by atoms with Gasteiger partial charge in [0, 0.05) is 5.41 Å². The van der Waals surface area contributed by atoms with E-state index in [0.717, 1.165) is 11.1 Å². The monoisotopic (exact) mass is 508 g/mol. The second kappa shape index (κ2) is 10.6. The third-order valence-electron chi connectivity index (χ3n) is 4.56. The number of aliphatic carboxylic acids is 2. The zero-order valence-electron chi connectivity index (χ0n) is 16.7. The zero-order chi connectivity index (χ0) is 23.3. The van der Waals surface area contributed by atoms with Gasteiger partial charge in [-0.2, -0.15) is 0 Å². The maximum absolute atomic E-state index is 10.7. The van der Waals surface area contributed by atoms with Crippen molar-refractivity contribution in [3.8, 4) is 11.5 Å². The van der Waals surface area contributed by atoms with E-state index >= 15 is 0 Å². The lowest BCUT2D eigenvalue weighted by Crippen LogP contribution is -2.19. The van der Waals surface area contributed by atoms with Gasteiger partial charge in [-0.05, 0) is 35.4 Å². The second-order valence-corrected chi connectivity index (χ2v) is 8.78. The molecule has 2 N–H and O–H groups in total. The Bertz CT molecular complexity index is 866. The Labute approximate surface area is 199 Å². The largest absolute Gasteiger partial charge is 0.490 e. The number of halogens is 4. The molecule has 0 heterocycles. The standard InChI is InChI=1S/C21H20Cl4O6/c1-21(2,11-7-13(22)19(14(23)8-11)30-5-3-17(26)27)12-9-15(24)20(16(25)10-12)31-6-4-18(28)29/h7-10H,3-6H2,1-2H3,(H,26,27)(H,28,29). The second-order valence-electron chi connectivity index (χ2n) is 7.15. The van der Waals surface area contributed by atoms with Gasteiger partial charge in [-0.15, -0.1) is 0 Å². The molecular weight excluding hydrogens is 490 g/mol. The van der Waals surface area contributed by atoms with Crippen molar-refractivity contribution in [2.75, 3.05) is 13.2 Å². The van der Waals surface area contributed by atoms with Crippen LogP contribution in [-0.2, 0) is 15.0 Å². The first-order chi connectivity index (χ1) is 14.4. The molecule has 0 aliphatic carbocycles. The molecular formula is C21H20Cl4O6. The minimum absolute atomic E-state index is 0.0634. The molecule has 0 aromatic heterocycles. The first-order valence-corrected chi connectivity index (χ1v) is 10.6. The molecule has 0 aliphatic rings. The normalized spacial score (nSPS) is 11.3. The summed E-state index contributed by atoms with van der Waals surface area (Å²) in [5.74, 6) is -1.56. The molecule has 168 valence electrons. The fourth-order valence-corrected chi connectivity index (χ4v) is 3.96. The van der Waals surface area contributed by atoms with Crippen LogP contribution < -0.4 is 9.47 Å². The van der Waals surface area contributed by atoms with Gasteiger partial charge in [0.1, 0.15) is 0 Å². The minimum Gasteiger partial charge on any atom is -0.490 e. The maximum Gasteiger partial charge on any atom is 0.306 e. The van der Waals surface area contributed by atoms with Crippen LogP contribution in [0.25, 0.3) is 0 Å². The van der Waals surface area contributed by atoms with Crippen molar-refractivity contribution in [2.45, 2.75) is 32.1 Å². The van der Waals surface area contributed by atoms with Gasteiger partial charge in [-0.1, -0.05) is 60.3 Å². The summed E-state index contributed by atoms with van der Waals surface area (Å²) in [6.07, 6.45) is -0.366. The van der Waals surface area contributed by atoms with Crippen LogP contribution in [0.4, 0.5) is 0 Å². The van der Waals surface area contributed by atoms with Crippen LogP contribution in [0, 0.1) is 0 Å². The Morgan fingerprint density at radius 1 is 0.742 bits per heavy atom. The van der Waals surface area contributed by atoms with Gasteiger partial charge in [-0.25, -0.2) is 0 Å². The summed E-state index contributed by atoms with van der Waals surface area (Å²) in [4.78, 5) is 21.3. The molecule has 0 unspecified atom stereocenters. The Hall–Kier alpha value is -1.86. The Balaban J connectivity index is 2.32. The molecule has 0 bridgehead atoms. The summed E-state index contributed by atoms with van der Waals surface area (Å²) in [5, 5.41) is 18.5. The molecule has 0 saturated carbocycles. The van der Waals surface area contributed by atoms with E-state index in [1.54, 1.807) is 24.3 Å². The predicted molar refractivity (Wildman–Crippen MR) is 121 cm³/mol. The van der Waals surface area contributed by atoms with Crippen molar-refractivity contribution in [3.63, 3.8) is 0 Å². The van der Waals surface area contributed by atoms with E-state index in [1.165, 1.54) is 0 Å². The summed E-state index contributed by atoms with van der Waals surface area (Å²) >= 11 is 25.3. The van der Waals surface area contributed by atoms with Crippen LogP contribution in [-0.4, -0.2) is 35.4 Å². The van der Waals surface area contributed by atoms with Crippen molar-refractivity contribution >= 4 is 58.3 Å². The predicted octanol–water partition coefficient (Wildman–Crippen LogP) is 6.33. The number of carbonyl (C=O) groups is 2. The highest BCUT2D eigenvalue weighted by Crippen LogP contribution is 2.43. The van der Waals surface area contributed by atoms with Crippen LogP contribution in [0.5, 0.6) is 11.5 Å². The summed E-state index contributed by atoms with van der Waals surface area (Å²) in [5.41, 5.74) is 0.874. The van der Waals surface area contributed by atoms with Crippen molar-refractivity contribution in [1.29, 1.82) is 0 Å². The average molecular weight is 510 g/mol. The van der Waals surface area contributed by atoms with Crippen LogP contribution in [0.1, 0.15) is 37.8 Å². The summed E-state index contributed by atoms with van der Waals surface area (Å²) < 4.78 is 10.8. The van der Waals surface area contributed by atoms with Crippen LogP contribution in [0.2, 0.25) is 20.1 Å². The van der Waals surface area contributed by atoms with Crippen LogP contribution in [0.15, 0.2) is 24.3 Å². The molecule has 0 radical (unpaired) electrons. The van der Waals surface area contributed by atoms with Gasteiger partial charge in [-0.3, -0.25) is 9.59 Å². The zero-order valence-corrected chi connectivity index (χ0v) is 19.7. The fourth-order valence-electron chi connectivity index (χ4n) is 2.76. The van der Waals surface area contributed by atoms with E-state index in [4.69, 9.17) is 66.1 Å². The van der Waals surface area contributed by atoms with Gasteiger partial charge < -0.3 is 19.7 Å². The van der Waals surface area contributed by atoms with Crippen molar-refractivity contribution < 1.29 is 29.3 Å². The smallest absolute Gasteiger partial charge is 0.306 e. The van der Waals surface area contributed by atoms with Gasteiger partial charge >= 0.3 is 11.9 Å². The summed E-state index contributed by atoms with van der Waals surface area (Å²) in [6, 6.07) is 6.73. The van der Waals surface area contributed by atoms with Gasteiger partial charge in [0.15, 0.2) is 11.5 Å². The lowest BCUT2D eigenvalue weighted by molar-refractivity contribution is -0.138. The SMILES string of the molecule is CC(C)(c1cc(Cl)c(OCCC(=O)O)c(Cl)c1)c1cc(Cl)c(OCCC(=O)O)c(Cl)c1. The summed E-state index contributed by atoms with van der Waals surface area (Å²) in [7, 11) is 0. The molecule has 6 nitrogen and oxygen atoms in total.